The van der Waals surface area contributed by atoms with Gasteiger partial charge in [0.1, 0.15) is 0 Å². The summed E-state index contributed by atoms with van der Waals surface area (Å²) in [6.45, 7) is 5.36. The molecule has 1 rings (SSSR count). The predicted molar refractivity (Wildman–Crippen MR) is 86.0 cm³/mol. The van der Waals surface area contributed by atoms with Crippen LogP contribution in [0.15, 0.2) is 0 Å². The summed E-state index contributed by atoms with van der Waals surface area (Å²) in [5, 5.41) is 0. The molecule has 2 unspecified atom stereocenters. The Kier molecular flexibility index (Phi) is 11.4. The van der Waals surface area contributed by atoms with Gasteiger partial charge in [0.25, 0.3) is 0 Å². The molecular formula is C18H36O2. The molecule has 1 heterocycles. The molecule has 2 heteroatoms. The van der Waals surface area contributed by atoms with Crippen molar-refractivity contribution in [1.29, 1.82) is 0 Å². The van der Waals surface area contributed by atoms with Gasteiger partial charge in [0.05, 0.1) is 6.10 Å². The van der Waals surface area contributed by atoms with E-state index in [0.29, 0.717) is 6.10 Å². The summed E-state index contributed by atoms with van der Waals surface area (Å²) in [5.41, 5.74) is 0. The Labute approximate surface area is 126 Å². The first-order valence-corrected chi connectivity index (χ1v) is 9.10. The summed E-state index contributed by atoms with van der Waals surface area (Å²) in [4.78, 5) is 0. The lowest BCUT2D eigenvalue weighted by molar-refractivity contribution is -0.185. The normalized spacial score (nSPS) is 21.0. The van der Waals surface area contributed by atoms with Gasteiger partial charge in [-0.3, -0.25) is 0 Å². The molecule has 20 heavy (non-hydrogen) atoms. The van der Waals surface area contributed by atoms with E-state index in [1.165, 1.54) is 77.0 Å². The number of ether oxygens (including phenoxy) is 2. The molecule has 1 fully saturated rings. The zero-order chi connectivity index (χ0) is 14.5. The number of hydrogen-bond donors (Lipinski definition) is 0. The summed E-state index contributed by atoms with van der Waals surface area (Å²) in [6.07, 6.45) is 17.7. The van der Waals surface area contributed by atoms with E-state index < -0.39 is 0 Å². The SMILES string of the molecule is CCCCCCCCCCCC(C)OC1CCCCO1. The first kappa shape index (κ1) is 18.0. The van der Waals surface area contributed by atoms with Gasteiger partial charge < -0.3 is 9.47 Å². The lowest BCUT2D eigenvalue weighted by atomic mass is 10.1. The van der Waals surface area contributed by atoms with Crippen LogP contribution >= 0.6 is 0 Å². The molecule has 0 spiro atoms. The fraction of sp³-hybridized carbons (Fsp3) is 1.00. The Morgan fingerprint density at radius 2 is 1.60 bits per heavy atom. The van der Waals surface area contributed by atoms with Gasteiger partial charge in [-0.25, -0.2) is 0 Å². The minimum absolute atomic E-state index is 0.0808. The van der Waals surface area contributed by atoms with Crippen molar-refractivity contribution in [1.82, 2.24) is 0 Å². The van der Waals surface area contributed by atoms with Crippen LogP contribution in [0.1, 0.15) is 97.3 Å². The molecule has 0 N–H and O–H groups in total. The molecule has 0 radical (unpaired) electrons. The highest BCUT2D eigenvalue weighted by atomic mass is 16.7. The highest BCUT2D eigenvalue weighted by Crippen LogP contribution is 2.18. The van der Waals surface area contributed by atoms with Gasteiger partial charge in [0.2, 0.25) is 0 Å². The number of hydrogen-bond acceptors (Lipinski definition) is 2. The zero-order valence-corrected chi connectivity index (χ0v) is 13.9. The maximum absolute atomic E-state index is 5.94. The summed E-state index contributed by atoms with van der Waals surface area (Å²) >= 11 is 0. The average Bonchev–Trinajstić information content (AvgIpc) is 2.46. The molecule has 2 nitrogen and oxygen atoms in total. The van der Waals surface area contributed by atoms with Gasteiger partial charge >= 0.3 is 0 Å². The number of unbranched alkanes of at least 4 members (excludes halogenated alkanes) is 8. The first-order valence-electron chi connectivity index (χ1n) is 9.10. The van der Waals surface area contributed by atoms with Crippen LogP contribution in [0, 0.1) is 0 Å². The minimum Gasteiger partial charge on any atom is -0.353 e. The molecular weight excluding hydrogens is 248 g/mol. The fourth-order valence-corrected chi connectivity index (χ4v) is 2.89. The molecule has 1 saturated heterocycles. The third kappa shape index (κ3) is 9.77. The molecule has 0 amide bonds. The number of rotatable bonds is 12. The summed E-state index contributed by atoms with van der Waals surface area (Å²) in [7, 11) is 0. The van der Waals surface area contributed by atoms with E-state index in [1.807, 2.05) is 0 Å². The fourth-order valence-electron chi connectivity index (χ4n) is 2.89. The molecule has 0 saturated carbocycles. The topological polar surface area (TPSA) is 18.5 Å². The molecule has 120 valence electrons. The van der Waals surface area contributed by atoms with Crippen molar-refractivity contribution >= 4 is 0 Å². The quantitative estimate of drug-likeness (QED) is 0.419. The second kappa shape index (κ2) is 12.6. The second-order valence-corrected chi connectivity index (χ2v) is 6.36. The molecule has 0 bridgehead atoms. The van der Waals surface area contributed by atoms with Crippen LogP contribution in [0.5, 0.6) is 0 Å². The van der Waals surface area contributed by atoms with E-state index in [9.17, 15) is 0 Å². The Balaban J connectivity index is 1.83. The summed E-state index contributed by atoms with van der Waals surface area (Å²) in [5.74, 6) is 0. The van der Waals surface area contributed by atoms with Crippen molar-refractivity contribution in [2.45, 2.75) is 110 Å². The van der Waals surface area contributed by atoms with E-state index in [-0.39, 0.29) is 6.29 Å². The Bertz CT molecular complexity index is 200. The van der Waals surface area contributed by atoms with Crippen LogP contribution in [0.2, 0.25) is 0 Å². The second-order valence-electron chi connectivity index (χ2n) is 6.36. The minimum atomic E-state index is 0.0808. The Hall–Kier alpha value is -0.0800. The summed E-state index contributed by atoms with van der Waals surface area (Å²) < 4.78 is 11.6. The van der Waals surface area contributed by atoms with E-state index in [1.54, 1.807) is 0 Å². The van der Waals surface area contributed by atoms with Crippen molar-refractivity contribution in [2.24, 2.45) is 0 Å². The monoisotopic (exact) mass is 284 g/mol. The van der Waals surface area contributed by atoms with Gasteiger partial charge in [-0.2, -0.15) is 0 Å². The molecule has 0 aliphatic carbocycles. The highest BCUT2D eigenvalue weighted by Gasteiger charge is 2.16. The molecule has 0 aromatic heterocycles. The van der Waals surface area contributed by atoms with Crippen LogP contribution in [0.25, 0.3) is 0 Å². The van der Waals surface area contributed by atoms with Crippen molar-refractivity contribution in [3.63, 3.8) is 0 Å². The standard InChI is InChI=1S/C18H36O2/c1-3-4-5-6-7-8-9-10-11-14-17(2)20-18-15-12-13-16-19-18/h17-18H,3-16H2,1-2H3. The van der Waals surface area contributed by atoms with Crippen LogP contribution in [-0.4, -0.2) is 19.0 Å². The van der Waals surface area contributed by atoms with Crippen molar-refractivity contribution < 1.29 is 9.47 Å². The Morgan fingerprint density at radius 3 is 2.20 bits per heavy atom. The van der Waals surface area contributed by atoms with E-state index in [4.69, 9.17) is 9.47 Å². The molecule has 1 aliphatic heterocycles. The maximum atomic E-state index is 5.94. The predicted octanol–water partition coefficient (Wildman–Crippen LogP) is 5.84. The molecule has 2 atom stereocenters. The van der Waals surface area contributed by atoms with Gasteiger partial charge in [0, 0.05) is 6.61 Å². The zero-order valence-electron chi connectivity index (χ0n) is 13.9. The highest BCUT2D eigenvalue weighted by molar-refractivity contribution is 4.58. The van der Waals surface area contributed by atoms with Gasteiger partial charge in [-0.05, 0) is 32.6 Å². The van der Waals surface area contributed by atoms with Gasteiger partial charge in [0.15, 0.2) is 6.29 Å². The van der Waals surface area contributed by atoms with Crippen LogP contribution in [0.4, 0.5) is 0 Å². The lowest BCUT2D eigenvalue weighted by Gasteiger charge is -2.26. The van der Waals surface area contributed by atoms with Gasteiger partial charge in [-0.15, -0.1) is 0 Å². The third-order valence-electron chi connectivity index (χ3n) is 4.24. The van der Waals surface area contributed by atoms with Crippen molar-refractivity contribution in [2.75, 3.05) is 6.61 Å². The van der Waals surface area contributed by atoms with E-state index >= 15 is 0 Å². The largest absolute Gasteiger partial charge is 0.353 e. The average molecular weight is 284 g/mol. The van der Waals surface area contributed by atoms with Crippen molar-refractivity contribution in [3.8, 4) is 0 Å². The maximum Gasteiger partial charge on any atom is 0.157 e. The third-order valence-corrected chi connectivity index (χ3v) is 4.24. The van der Waals surface area contributed by atoms with Crippen LogP contribution in [-0.2, 0) is 9.47 Å². The smallest absolute Gasteiger partial charge is 0.157 e. The molecule has 1 aliphatic rings. The molecule has 0 aromatic rings. The first-order chi connectivity index (χ1) is 9.83. The van der Waals surface area contributed by atoms with Crippen LogP contribution < -0.4 is 0 Å². The van der Waals surface area contributed by atoms with Crippen LogP contribution in [0.3, 0.4) is 0 Å². The lowest BCUT2D eigenvalue weighted by Crippen LogP contribution is -2.26. The Morgan fingerprint density at radius 1 is 0.950 bits per heavy atom. The van der Waals surface area contributed by atoms with Crippen molar-refractivity contribution in [3.05, 3.63) is 0 Å². The summed E-state index contributed by atoms with van der Waals surface area (Å²) in [6, 6.07) is 0. The van der Waals surface area contributed by atoms with E-state index in [0.717, 1.165) is 13.0 Å². The van der Waals surface area contributed by atoms with Gasteiger partial charge in [-0.1, -0.05) is 64.7 Å². The molecule has 0 aromatic carbocycles. The van der Waals surface area contributed by atoms with E-state index in [2.05, 4.69) is 13.8 Å².